The summed E-state index contributed by atoms with van der Waals surface area (Å²) in [5.41, 5.74) is 2.06. The number of amides is 1. The largest absolute Gasteiger partial charge is 0.497 e. The minimum atomic E-state index is -0.214. The van der Waals surface area contributed by atoms with Gasteiger partial charge in [-0.25, -0.2) is 0 Å². The Morgan fingerprint density at radius 2 is 1.48 bits per heavy atom. The molecule has 0 atom stereocenters. The molecular weight excluding hydrogens is 370 g/mol. The van der Waals surface area contributed by atoms with E-state index in [1.54, 1.807) is 26.5 Å². The van der Waals surface area contributed by atoms with E-state index >= 15 is 0 Å². The highest BCUT2D eigenvalue weighted by atomic mass is 16.5. The molecule has 0 fully saturated rings. The number of rotatable bonds is 9. The number of ether oxygens (including phenoxy) is 3. The smallest absolute Gasteiger partial charge is 0.253 e. The lowest BCUT2D eigenvalue weighted by Gasteiger charge is -2.10. The van der Waals surface area contributed by atoms with Gasteiger partial charge in [-0.2, -0.15) is 0 Å². The number of nitrogens with one attached hydrogen (secondary N) is 2. The minimum Gasteiger partial charge on any atom is -0.497 e. The van der Waals surface area contributed by atoms with Gasteiger partial charge in [0.25, 0.3) is 5.91 Å². The molecule has 0 bridgehead atoms. The molecule has 0 unspecified atom stereocenters. The zero-order valence-corrected chi connectivity index (χ0v) is 16.3. The van der Waals surface area contributed by atoms with Crippen molar-refractivity contribution in [3.8, 4) is 17.2 Å². The second kappa shape index (κ2) is 9.98. The molecule has 1 amide bonds. The second-order valence-corrected chi connectivity index (χ2v) is 6.10. The van der Waals surface area contributed by atoms with Gasteiger partial charge in [0.2, 0.25) is 0 Å². The van der Waals surface area contributed by atoms with Gasteiger partial charge >= 0.3 is 0 Å². The topological polar surface area (TPSA) is 81.7 Å². The number of pyridine rings is 1. The van der Waals surface area contributed by atoms with Crippen molar-refractivity contribution in [3.05, 3.63) is 72.6 Å². The van der Waals surface area contributed by atoms with Gasteiger partial charge < -0.3 is 24.8 Å². The third kappa shape index (κ3) is 5.87. The van der Waals surface area contributed by atoms with Crippen molar-refractivity contribution in [2.75, 3.05) is 32.7 Å². The maximum atomic E-state index is 12.4. The Hall–Kier alpha value is -3.74. The van der Waals surface area contributed by atoms with Crippen LogP contribution >= 0.6 is 0 Å². The standard InChI is InChI=1S/C22H23N3O4/c1-27-19-5-3-17(4-6-19)25-18-13-16(14-23-15-18)22(26)24-11-12-29-21-9-7-20(28-2)8-10-21/h3-10,13-15,25H,11-12H2,1-2H3,(H,24,26). The van der Waals surface area contributed by atoms with Crippen LogP contribution in [0.2, 0.25) is 0 Å². The predicted octanol–water partition coefficient (Wildman–Crippen LogP) is 3.65. The number of methoxy groups -OCH3 is 2. The molecule has 0 saturated heterocycles. The predicted molar refractivity (Wildman–Crippen MR) is 111 cm³/mol. The van der Waals surface area contributed by atoms with Crippen LogP contribution in [0.3, 0.4) is 0 Å². The SMILES string of the molecule is COc1ccc(Nc2cncc(C(=O)NCCOc3ccc(OC)cc3)c2)cc1. The Balaban J connectivity index is 1.49. The third-order valence-electron chi connectivity index (χ3n) is 4.09. The van der Waals surface area contributed by atoms with Gasteiger partial charge in [-0.15, -0.1) is 0 Å². The average molecular weight is 393 g/mol. The van der Waals surface area contributed by atoms with Gasteiger partial charge in [0.1, 0.15) is 23.9 Å². The van der Waals surface area contributed by atoms with Crippen LogP contribution in [0.5, 0.6) is 17.2 Å². The molecule has 0 saturated carbocycles. The molecule has 3 rings (SSSR count). The van der Waals surface area contributed by atoms with Crippen molar-refractivity contribution >= 4 is 17.3 Å². The fraction of sp³-hybridized carbons (Fsp3) is 0.182. The van der Waals surface area contributed by atoms with Gasteiger partial charge in [0.15, 0.2) is 0 Å². The summed E-state index contributed by atoms with van der Waals surface area (Å²) in [7, 11) is 3.23. The van der Waals surface area contributed by atoms with E-state index in [1.165, 1.54) is 6.20 Å². The zero-order valence-electron chi connectivity index (χ0n) is 16.3. The summed E-state index contributed by atoms with van der Waals surface area (Å²) < 4.78 is 15.9. The fourth-order valence-electron chi connectivity index (χ4n) is 2.58. The first-order chi connectivity index (χ1) is 14.2. The molecule has 150 valence electrons. The summed E-state index contributed by atoms with van der Waals surface area (Å²) >= 11 is 0. The lowest BCUT2D eigenvalue weighted by Crippen LogP contribution is -2.28. The van der Waals surface area contributed by atoms with Crippen LogP contribution in [0, 0.1) is 0 Å². The molecule has 0 aliphatic heterocycles. The Morgan fingerprint density at radius 3 is 2.14 bits per heavy atom. The first-order valence-corrected chi connectivity index (χ1v) is 9.09. The van der Waals surface area contributed by atoms with Crippen LogP contribution < -0.4 is 24.8 Å². The highest BCUT2D eigenvalue weighted by Gasteiger charge is 2.07. The van der Waals surface area contributed by atoms with Gasteiger partial charge in [0, 0.05) is 11.9 Å². The van der Waals surface area contributed by atoms with Crippen LogP contribution in [-0.4, -0.2) is 38.3 Å². The molecule has 29 heavy (non-hydrogen) atoms. The molecule has 3 aromatic rings. The maximum absolute atomic E-state index is 12.4. The van der Waals surface area contributed by atoms with Crippen molar-refractivity contribution in [1.29, 1.82) is 0 Å². The third-order valence-corrected chi connectivity index (χ3v) is 4.09. The van der Waals surface area contributed by atoms with E-state index in [2.05, 4.69) is 15.6 Å². The van der Waals surface area contributed by atoms with E-state index in [0.29, 0.717) is 24.5 Å². The average Bonchev–Trinajstić information content (AvgIpc) is 2.77. The van der Waals surface area contributed by atoms with Gasteiger partial charge in [-0.3, -0.25) is 9.78 Å². The van der Waals surface area contributed by atoms with Crippen LogP contribution in [0.1, 0.15) is 10.4 Å². The van der Waals surface area contributed by atoms with Gasteiger partial charge in [-0.05, 0) is 54.6 Å². The first-order valence-electron chi connectivity index (χ1n) is 9.09. The molecular formula is C22H23N3O4. The summed E-state index contributed by atoms with van der Waals surface area (Å²) in [5.74, 6) is 2.04. The normalized spacial score (nSPS) is 10.1. The Bertz CT molecular complexity index is 928. The lowest BCUT2D eigenvalue weighted by atomic mass is 10.2. The van der Waals surface area contributed by atoms with Crippen LogP contribution in [0.25, 0.3) is 0 Å². The summed E-state index contributed by atoms with van der Waals surface area (Å²) in [6, 6.07) is 16.5. The molecule has 1 aromatic heterocycles. The van der Waals surface area contributed by atoms with Gasteiger partial charge in [-0.1, -0.05) is 0 Å². The minimum absolute atomic E-state index is 0.214. The molecule has 0 radical (unpaired) electrons. The van der Waals surface area contributed by atoms with E-state index in [1.807, 2.05) is 48.5 Å². The summed E-state index contributed by atoms with van der Waals surface area (Å²) in [5, 5.41) is 6.04. The number of hydrogen-bond acceptors (Lipinski definition) is 6. The summed E-state index contributed by atoms with van der Waals surface area (Å²) in [6.45, 7) is 0.732. The zero-order chi connectivity index (χ0) is 20.5. The lowest BCUT2D eigenvalue weighted by molar-refractivity contribution is 0.0946. The van der Waals surface area contributed by atoms with Crippen molar-refractivity contribution in [2.45, 2.75) is 0 Å². The van der Waals surface area contributed by atoms with Crippen LogP contribution in [0.4, 0.5) is 11.4 Å². The monoisotopic (exact) mass is 393 g/mol. The Morgan fingerprint density at radius 1 is 0.862 bits per heavy atom. The summed E-state index contributed by atoms with van der Waals surface area (Å²) in [6.07, 6.45) is 3.19. The second-order valence-electron chi connectivity index (χ2n) is 6.10. The van der Waals surface area contributed by atoms with E-state index in [4.69, 9.17) is 14.2 Å². The molecule has 7 nitrogen and oxygen atoms in total. The van der Waals surface area contributed by atoms with Crippen LogP contribution in [-0.2, 0) is 0 Å². The van der Waals surface area contributed by atoms with Crippen molar-refractivity contribution < 1.29 is 19.0 Å². The Labute approximate surface area is 169 Å². The molecule has 0 aliphatic carbocycles. The highest BCUT2D eigenvalue weighted by Crippen LogP contribution is 2.20. The number of anilines is 2. The van der Waals surface area contributed by atoms with Crippen molar-refractivity contribution in [1.82, 2.24) is 10.3 Å². The molecule has 0 aliphatic rings. The number of hydrogen-bond donors (Lipinski definition) is 2. The van der Waals surface area contributed by atoms with E-state index in [0.717, 1.165) is 22.9 Å². The molecule has 2 aromatic carbocycles. The molecule has 0 spiro atoms. The number of carbonyl (C=O) groups is 1. The van der Waals surface area contributed by atoms with E-state index in [9.17, 15) is 4.79 Å². The van der Waals surface area contributed by atoms with Crippen LogP contribution in [0.15, 0.2) is 67.0 Å². The summed E-state index contributed by atoms with van der Waals surface area (Å²) in [4.78, 5) is 16.5. The van der Waals surface area contributed by atoms with E-state index in [-0.39, 0.29) is 5.91 Å². The Kier molecular flexibility index (Phi) is 6.89. The maximum Gasteiger partial charge on any atom is 0.253 e. The fourth-order valence-corrected chi connectivity index (χ4v) is 2.58. The first kappa shape index (κ1) is 20.0. The highest BCUT2D eigenvalue weighted by molar-refractivity contribution is 5.94. The molecule has 7 heteroatoms. The number of aromatic nitrogens is 1. The molecule has 1 heterocycles. The van der Waals surface area contributed by atoms with E-state index < -0.39 is 0 Å². The van der Waals surface area contributed by atoms with Crippen molar-refractivity contribution in [2.24, 2.45) is 0 Å². The number of carbonyl (C=O) groups excluding carboxylic acids is 1. The molecule has 2 N–H and O–H groups in total. The quantitative estimate of drug-likeness (QED) is 0.540. The van der Waals surface area contributed by atoms with Gasteiger partial charge in [0.05, 0.1) is 38.2 Å². The number of benzene rings is 2. The van der Waals surface area contributed by atoms with Crippen molar-refractivity contribution in [3.63, 3.8) is 0 Å². The number of nitrogens with zero attached hydrogens (tertiary/aromatic N) is 1.